The highest BCUT2D eigenvalue weighted by molar-refractivity contribution is 7.08. The number of hydrogen-bond donors (Lipinski definition) is 2. The lowest BCUT2D eigenvalue weighted by Crippen LogP contribution is -2.39. The van der Waals surface area contributed by atoms with Crippen LogP contribution in [-0.4, -0.2) is 48.1 Å². The fourth-order valence-corrected chi connectivity index (χ4v) is 2.61. The molecule has 0 spiro atoms. The SMILES string of the molecule is O=C(NCC(=O)N1CCC(CO)C1)c1ccsc1. The minimum atomic E-state index is -0.220. The van der Waals surface area contributed by atoms with Crippen LogP contribution in [-0.2, 0) is 4.79 Å². The maximum absolute atomic E-state index is 11.8. The predicted molar refractivity (Wildman–Crippen MR) is 68.4 cm³/mol. The maximum atomic E-state index is 11.8. The first-order valence-corrected chi connectivity index (χ1v) is 6.84. The highest BCUT2D eigenvalue weighted by Crippen LogP contribution is 2.15. The van der Waals surface area contributed by atoms with Gasteiger partial charge < -0.3 is 15.3 Å². The number of nitrogens with zero attached hydrogens (tertiary/aromatic N) is 1. The fraction of sp³-hybridized carbons (Fsp3) is 0.500. The van der Waals surface area contributed by atoms with Crippen LogP contribution in [0.3, 0.4) is 0 Å². The van der Waals surface area contributed by atoms with E-state index >= 15 is 0 Å². The van der Waals surface area contributed by atoms with Crippen LogP contribution >= 0.6 is 11.3 Å². The molecule has 2 rings (SSSR count). The van der Waals surface area contributed by atoms with E-state index in [0.29, 0.717) is 18.7 Å². The van der Waals surface area contributed by atoms with Crippen molar-refractivity contribution in [3.05, 3.63) is 22.4 Å². The molecule has 98 valence electrons. The second kappa shape index (κ2) is 5.97. The lowest BCUT2D eigenvalue weighted by molar-refractivity contribution is -0.129. The normalized spacial score (nSPS) is 18.9. The van der Waals surface area contributed by atoms with Crippen LogP contribution in [0, 0.1) is 5.92 Å². The summed E-state index contributed by atoms with van der Waals surface area (Å²) < 4.78 is 0. The van der Waals surface area contributed by atoms with E-state index in [0.717, 1.165) is 6.42 Å². The molecule has 1 fully saturated rings. The number of aliphatic hydroxyl groups is 1. The summed E-state index contributed by atoms with van der Waals surface area (Å²) in [5.41, 5.74) is 0.586. The van der Waals surface area contributed by atoms with E-state index in [-0.39, 0.29) is 30.9 Å². The van der Waals surface area contributed by atoms with Gasteiger partial charge in [-0.3, -0.25) is 9.59 Å². The zero-order chi connectivity index (χ0) is 13.0. The first-order valence-electron chi connectivity index (χ1n) is 5.89. The predicted octanol–water partition coefficient (Wildman–Crippen LogP) is 0.319. The molecule has 0 saturated carbocycles. The summed E-state index contributed by atoms with van der Waals surface area (Å²) >= 11 is 1.45. The number of hydrogen-bond acceptors (Lipinski definition) is 4. The van der Waals surface area contributed by atoms with Gasteiger partial charge in [0.1, 0.15) is 0 Å². The third-order valence-electron chi connectivity index (χ3n) is 3.08. The van der Waals surface area contributed by atoms with Gasteiger partial charge in [-0.05, 0) is 17.9 Å². The van der Waals surface area contributed by atoms with Crippen LogP contribution in [0.4, 0.5) is 0 Å². The zero-order valence-corrected chi connectivity index (χ0v) is 10.8. The highest BCUT2D eigenvalue weighted by atomic mass is 32.1. The Morgan fingerprint density at radius 3 is 3.00 bits per heavy atom. The molecule has 6 heteroatoms. The standard InChI is InChI=1S/C12H16N2O3S/c15-7-9-1-3-14(6-9)11(16)5-13-12(17)10-2-4-18-8-10/h2,4,8-9,15H,1,3,5-7H2,(H,13,17). The number of amides is 2. The van der Waals surface area contributed by atoms with Crippen molar-refractivity contribution in [2.45, 2.75) is 6.42 Å². The number of carbonyl (C=O) groups is 2. The number of nitrogens with one attached hydrogen (secondary N) is 1. The molecule has 5 nitrogen and oxygen atoms in total. The second-order valence-corrected chi connectivity index (χ2v) is 5.15. The smallest absolute Gasteiger partial charge is 0.252 e. The molecule has 18 heavy (non-hydrogen) atoms. The van der Waals surface area contributed by atoms with Gasteiger partial charge in [-0.2, -0.15) is 11.3 Å². The van der Waals surface area contributed by atoms with Gasteiger partial charge in [0.15, 0.2) is 0 Å². The number of likely N-dealkylation sites (tertiary alicyclic amines) is 1. The number of aliphatic hydroxyl groups excluding tert-OH is 1. The summed E-state index contributed by atoms with van der Waals surface area (Å²) in [6, 6.07) is 1.72. The van der Waals surface area contributed by atoms with Crippen molar-refractivity contribution in [3.63, 3.8) is 0 Å². The molecule has 1 aliphatic heterocycles. The Kier molecular flexibility index (Phi) is 4.33. The Labute approximate surface area is 109 Å². The molecule has 1 unspecified atom stereocenters. The molecule has 1 aliphatic rings. The molecule has 1 aromatic heterocycles. The van der Waals surface area contributed by atoms with Gasteiger partial charge >= 0.3 is 0 Å². The van der Waals surface area contributed by atoms with Crippen molar-refractivity contribution in [2.24, 2.45) is 5.92 Å². The van der Waals surface area contributed by atoms with E-state index in [1.807, 2.05) is 5.38 Å². The Morgan fingerprint density at radius 2 is 2.39 bits per heavy atom. The molecule has 1 atom stereocenters. The summed E-state index contributed by atoms with van der Waals surface area (Å²) in [6.07, 6.45) is 0.834. The number of carbonyl (C=O) groups excluding carboxylic acids is 2. The zero-order valence-electron chi connectivity index (χ0n) is 9.96. The van der Waals surface area contributed by atoms with Gasteiger partial charge in [0, 0.05) is 36.6 Å². The maximum Gasteiger partial charge on any atom is 0.252 e. The number of thiophene rings is 1. The van der Waals surface area contributed by atoms with E-state index in [4.69, 9.17) is 5.11 Å². The van der Waals surface area contributed by atoms with E-state index < -0.39 is 0 Å². The monoisotopic (exact) mass is 268 g/mol. The van der Waals surface area contributed by atoms with Crippen LogP contribution in [0.2, 0.25) is 0 Å². The molecule has 0 aliphatic carbocycles. The summed E-state index contributed by atoms with van der Waals surface area (Å²) in [5, 5.41) is 15.2. The minimum absolute atomic E-state index is 0.0207. The van der Waals surface area contributed by atoms with E-state index in [1.54, 1.807) is 16.3 Å². The average molecular weight is 268 g/mol. The number of rotatable bonds is 4. The van der Waals surface area contributed by atoms with Crippen molar-refractivity contribution in [1.29, 1.82) is 0 Å². The molecular weight excluding hydrogens is 252 g/mol. The van der Waals surface area contributed by atoms with Gasteiger partial charge in [-0.15, -0.1) is 0 Å². The van der Waals surface area contributed by atoms with Crippen molar-refractivity contribution < 1.29 is 14.7 Å². The molecule has 0 aromatic carbocycles. The van der Waals surface area contributed by atoms with Crippen LogP contribution in [0.25, 0.3) is 0 Å². The van der Waals surface area contributed by atoms with E-state index in [2.05, 4.69) is 5.32 Å². The molecule has 1 saturated heterocycles. The summed E-state index contributed by atoms with van der Waals surface area (Å²) in [4.78, 5) is 25.1. The third kappa shape index (κ3) is 3.08. The van der Waals surface area contributed by atoms with Crippen LogP contribution in [0.1, 0.15) is 16.8 Å². The molecule has 0 radical (unpaired) electrons. The molecule has 2 N–H and O–H groups in total. The minimum Gasteiger partial charge on any atom is -0.396 e. The van der Waals surface area contributed by atoms with Crippen molar-refractivity contribution in [3.8, 4) is 0 Å². The summed E-state index contributed by atoms with van der Waals surface area (Å²) in [6.45, 7) is 1.39. The Balaban J connectivity index is 1.77. The molecule has 2 heterocycles. The van der Waals surface area contributed by atoms with Gasteiger partial charge in [-0.25, -0.2) is 0 Å². The van der Waals surface area contributed by atoms with Crippen molar-refractivity contribution in [1.82, 2.24) is 10.2 Å². The first-order chi connectivity index (χ1) is 8.70. The van der Waals surface area contributed by atoms with E-state index in [9.17, 15) is 9.59 Å². The van der Waals surface area contributed by atoms with Crippen LogP contribution in [0.15, 0.2) is 16.8 Å². The quantitative estimate of drug-likeness (QED) is 0.826. The molecular formula is C12H16N2O3S. The molecule has 2 amide bonds. The molecule has 1 aromatic rings. The topological polar surface area (TPSA) is 69.6 Å². The highest BCUT2D eigenvalue weighted by Gasteiger charge is 2.25. The summed E-state index contributed by atoms with van der Waals surface area (Å²) in [5.74, 6) is -0.126. The van der Waals surface area contributed by atoms with E-state index in [1.165, 1.54) is 11.3 Å². The Morgan fingerprint density at radius 1 is 1.56 bits per heavy atom. The van der Waals surface area contributed by atoms with Gasteiger partial charge in [0.05, 0.1) is 6.54 Å². The first kappa shape index (κ1) is 13.0. The van der Waals surface area contributed by atoms with Crippen LogP contribution in [0.5, 0.6) is 0 Å². The third-order valence-corrected chi connectivity index (χ3v) is 3.76. The Hall–Kier alpha value is -1.40. The lowest BCUT2D eigenvalue weighted by Gasteiger charge is -2.16. The average Bonchev–Trinajstić information content (AvgIpc) is 3.05. The fourth-order valence-electron chi connectivity index (χ4n) is 1.97. The molecule has 0 bridgehead atoms. The van der Waals surface area contributed by atoms with Crippen molar-refractivity contribution in [2.75, 3.05) is 26.2 Å². The van der Waals surface area contributed by atoms with Gasteiger partial charge in [0.2, 0.25) is 5.91 Å². The van der Waals surface area contributed by atoms with Crippen molar-refractivity contribution >= 4 is 23.2 Å². The summed E-state index contributed by atoms with van der Waals surface area (Å²) in [7, 11) is 0. The van der Waals surface area contributed by atoms with Crippen LogP contribution < -0.4 is 5.32 Å². The largest absolute Gasteiger partial charge is 0.396 e. The van der Waals surface area contributed by atoms with Gasteiger partial charge in [0.25, 0.3) is 5.91 Å². The second-order valence-electron chi connectivity index (χ2n) is 4.37. The lowest BCUT2D eigenvalue weighted by atomic mass is 10.1. The Bertz CT molecular complexity index is 419. The van der Waals surface area contributed by atoms with Gasteiger partial charge in [-0.1, -0.05) is 0 Å².